The fourth-order valence-corrected chi connectivity index (χ4v) is 4.90. The van der Waals surface area contributed by atoms with Gasteiger partial charge < -0.3 is 19.9 Å². The van der Waals surface area contributed by atoms with Gasteiger partial charge in [-0.15, -0.1) is 0 Å². The number of rotatable bonds is 5. The molecule has 1 saturated heterocycles. The molecule has 1 N–H and O–H groups in total. The lowest BCUT2D eigenvalue weighted by atomic mass is 9.90. The number of nitrogens with one attached hydrogen (secondary N) is 1. The predicted molar refractivity (Wildman–Crippen MR) is 146 cm³/mol. The summed E-state index contributed by atoms with van der Waals surface area (Å²) in [7, 11) is 1.79. The third kappa shape index (κ3) is 5.07. The number of anilines is 1. The van der Waals surface area contributed by atoms with Gasteiger partial charge in [-0.25, -0.2) is 19.3 Å². The Hall–Kier alpha value is -4.51. The minimum atomic E-state index is -1.64. The van der Waals surface area contributed by atoms with Crippen LogP contribution in [0, 0.1) is 0 Å². The third-order valence-electron chi connectivity index (χ3n) is 7.27. The molecule has 3 aromatic heterocycles. The smallest absolute Gasteiger partial charge is 0.251 e. The van der Waals surface area contributed by atoms with Crippen molar-refractivity contribution < 1.29 is 18.7 Å². The van der Waals surface area contributed by atoms with Gasteiger partial charge in [-0.2, -0.15) is 0 Å². The molecule has 1 fully saturated rings. The maximum absolute atomic E-state index is 14.9. The Morgan fingerprint density at radius 1 is 1.10 bits per heavy atom. The van der Waals surface area contributed by atoms with Crippen LogP contribution < -0.4 is 10.2 Å². The SMILES string of the molecule is CN1CCN(c2nccc(-c3ccc4cnc(CNC(=O)c5ccc6c(c5)[C@](C)(F)COC6)cc4n3)n2)CC1=O. The highest BCUT2D eigenvalue weighted by Crippen LogP contribution is 2.34. The van der Waals surface area contributed by atoms with Crippen LogP contribution in [0.15, 0.2) is 54.9 Å². The fraction of sp³-hybridized carbons (Fsp3) is 0.310. The van der Waals surface area contributed by atoms with Crippen molar-refractivity contribution in [3.05, 3.63) is 77.2 Å². The summed E-state index contributed by atoms with van der Waals surface area (Å²) in [5.41, 5.74) is 2.61. The number of halogens is 1. The molecule has 0 aliphatic carbocycles. The molecule has 2 aliphatic rings. The standard InChI is InChI=1S/C29H28FN7O3/c1-29(30)17-40-16-20-4-3-18(11-22(20)29)27(39)33-14-21-12-25-19(13-32-21)5-6-23(34-25)24-7-8-31-28(35-24)37-10-9-36(2)26(38)15-37/h3-8,11-13H,9-10,14-17H2,1-2H3,(H,33,39)/t29-/m1/s1. The lowest BCUT2D eigenvalue weighted by Crippen LogP contribution is -2.49. The maximum Gasteiger partial charge on any atom is 0.251 e. The number of carbonyl (C=O) groups excluding carboxylic acids is 2. The van der Waals surface area contributed by atoms with Gasteiger partial charge in [0.2, 0.25) is 11.9 Å². The Bertz CT molecular complexity index is 1630. The molecule has 4 aromatic rings. The minimum Gasteiger partial charge on any atom is -0.373 e. The molecule has 0 spiro atoms. The molecule has 0 bridgehead atoms. The molecule has 2 aliphatic heterocycles. The van der Waals surface area contributed by atoms with Gasteiger partial charge in [0.1, 0.15) is 0 Å². The summed E-state index contributed by atoms with van der Waals surface area (Å²) < 4.78 is 20.2. The molecule has 1 aromatic carbocycles. The number of carbonyl (C=O) groups is 2. The molecule has 204 valence electrons. The number of likely N-dealkylation sites (N-methyl/N-ethyl adjacent to an activating group) is 1. The Morgan fingerprint density at radius 2 is 1.95 bits per heavy atom. The normalized spacial score (nSPS) is 19.0. The Kier molecular flexibility index (Phi) is 6.59. The molecule has 1 atom stereocenters. The van der Waals surface area contributed by atoms with Crippen LogP contribution in [0.3, 0.4) is 0 Å². The number of pyridine rings is 2. The van der Waals surface area contributed by atoms with Gasteiger partial charge in [-0.3, -0.25) is 14.6 Å². The van der Waals surface area contributed by atoms with Crippen LogP contribution in [0.4, 0.5) is 10.3 Å². The fourth-order valence-electron chi connectivity index (χ4n) is 4.90. The van der Waals surface area contributed by atoms with Gasteiger partial charge in [0.25, 0.3) is 5.91 Å². The molecule has 10 nitrogen and oxygen atoms in total. The van der Waals surface area contributed by atoms with Crippen molar-refractivity contribution in [2.24, 2.45) is 0 Å². The monoisotopic (exact) mass is 541 g/mol. The number of hydrogen-bond donors (Lipinski definition) is 1. The summed E-state index contributed by atoms with van der Waals surface area (Å²) >= 11 is 0. The first-order valence-corrected chi connectivity index (χ1v) is 13.0. The van der Waals surface area contributed by atoms with Gasteiger partial charge in [-0.05, 0) is 54.4 Å². The van der Waals surface area contributed by atoms with Gasteiger partial charge in [-0.1, -0.05) is 6.07 Å². The Balaban J connectivity index is 1.18. The molecule has 6 rings (SSSR count). The van der Waals surface area contributed by atoms with Crippen LogP contribution in [0.1, 0.15) is 34.1 Å². The second kappa shape index (κ2) is 10.2. The first kappa shape index (κ1) is 25.8. The highest BCUT2D eigenvalue weighted by atomic mass is 19.1. The summed E-state index contributed by atoms with van der Waals surface area (Å²) in [4.78, 5) is 46.8. The van der Waals surface area contributed by atoms with Crippen molar-refractivity contribution in [2.45, 2.75) is 25.7 Å². The lowest BCUT2D eigenvalue weighted by Gasteiger charge is -2.31. The summed E-state index contributed by atoms with van der Waals surface area (Å²) in [5, 5.41) is 3.72. The zero-order valence-electron chi connectivity index (χ0n) is 22.2. The van der Waals surface area contributed by atoms with Gasteiger partial charge in [0, 0.05) is 43.5 Å². The van der Waals surface area contributed by atoms with Crippen LogP contribution in [0.25, 0.3) is 22.3 Å². The first-order chi connectivity index (χ1) is 19.3. The third-order valence-corrected chi connectivity index (χ3v) is 7.27. The van der Waals surface area contributed by atoms with Crippen molar-refractivity contribution in [3.8, 4) is 11.4 Å². The molecule has 0 radical (unpaired) electrons. The van der Waals surface area contributed by atoms with Gasteiger partial charge in [0.15, 0.2) is 5.67 Å². The second-order valence-corrected chi connectivity index (χ2v) is 10.3. The maximum atomic E-state index is 14.9. The van der Waals surface area contributed by atoms with E-state index in [9.17, 15) is 14.0 Å². The summed E-state index contributed by atoms with van der Waals surface area (Å²) in [6, 6.07) is 12.4. The number of nitrogens with zero attached hydrogens (tertiary/aromatic N) is 6. The van der Waals surface area contributed by atoms with E-state index in [0.717, 1.165) is 10.9 Å². The van der Waals surface area contributed by atoms with Crippen molar-refractivity contribution in [2.75, 3.05) is 38.2 Å². The number of ether oxygens (including phenoxy) is 1. The van der Waals surface area contributed by atoms with Gasteiger partial charge in [0.05, 0.1) is 48.9 Å². The van der Waals surface area contributed by atoms with E-state index in [-0.39, 0.29) is 31.5 Å². The van der Waals surface area contributed by atoms with E-state index in [2.05, 4.69) is 20.3 Å². The van der Waals surface area contributed by atoms with E-state index in [4.69, 9.17) is 9.72 Å². The number of benzene rings is 1. The Morgan fingerprint density at radius 3 is 2.80 bits per heavy atom. The molecule has 2 amide bonds. The zero-order chi connectivity index (χ0) is 27.9. The van der Waals surface area contributed by atoms with E-state index in [1.54, 1.807) is 48.6 Å². The predicted octanol–water partition coefficient (Wildman–Crippen LogP) is 3.01. The van der Waals surface area contributed by atoms with Crippen LogP contribution in [0.2, 0.25) is 0 Å². The zero-order valence-corrected chi connectivity index (χ0v) is 22.2. The molecule has 0 saturated carbocycles. The lowest BCUT2D eigenvalue weighted by molar-refractivity contribution is -0.129. The summed E-state index contributed by atoms with van der Waals surface area (Å²) in [6.45, 7) is 3.45. The molecule has 11 heteroatoms. The quantitative estimate of drug-likeness (QED) is 0.410. The van der Waals surface area contributed by atoms with Crippen molar-refractivity contribution in [1.29, 1.82) is 0 Å². The highest BCUT2D eigenvalue weighted by Gasteiger charge is 2.33. The van der Waals surface area contributed by atoms with E-state index < -0.39 is 5.67 Å². The van der Waals surface area contributed by atoms with E-state index in [1.165, 1.54) is 6.92 Å². The van der Waals surface area contributed by atoms with Crippen LogP contribution in [-0.4, -0.2) is 69.9 Å². The van der Waals surface area contributed by atoms with Crippen LogP contribution >= 0.6 is 0 Å². The van der Waals surface area contributed by atoms with Crippen molar-refractivity contribution >= 4 is 28.7 Å². The highest BCUT2D eigenvalue weighted by molar-refractivity contribution is 5.94. The van der Waals surface area contributed by atoms with Crippen LogP contribution in [0.5, 0.6) is 0 Å². The van der Waals surface area contributed by atoms with Crippen molar-refractivity contribution in [3.63, 3.8) is 0 Å². The molecular formula is C29H28FN7O3. The first-order valence-electron chi connectivity index (χ1n) is 13.0. The van der Waals surface area contributed by atoms with E-state index in [0.29, 0.717) is 59.4 Å². The minimum absolute atomic E-state index is 0.0262. The molecule has 0 unspecified atom stereocenters. The number of fused-ring (bicyclic) bond motifs is 2. The molecule has 5 heterocycles. The average Bonchev–Trinajstić information content (AvgIpc) is 2.96. The van der Waals surface area contributed by atoms with E-state index >= 15 is 0 Å². The number of aromatic nitrogens is 4. The van der Waals surface area contributed by atoms with Gasteiger partial charge >= 0.3 is 0 Å². The summed E-state index contributed by atoms with van der Waals surface area (Å²) in [6.07, 6.45) is 3.38. The topological polar surface area (TPSA) is 113 Å². The number of piperazine rings is 1. The molecular weight excluding hydrogens is 513 g/mol. The average molecular weight is 542 g/mol. The van der Waals surface area contributed by atoms with E-state index in [1.807, 2.05) is 23.1 Å². The number of amides is 2. The number of hydrogen-bond acceptors (Lipinski definition) is 8. The summed E-state index contributed by atoms with van der Waals surface area (Å²) in [5.74, 6) is 0.199. The van der Waals surface area contributed by atoms with Crippen molar-refractivity contribution in [1.82, 2.24) is 30.2 Å². The number of alkyl halides is 1. The molecule has 40 heavy (non-hydrogen) atoms. The van der Waals surface area contributed by atoms with Crippen LogP contribution in [-0.2, 0) is 28.4 Å². The Labute approximate surface area is 230 Å². The largest absolute Gasteiger partial charge is 0.373 e. The second-order valence-electron chi connectivity index (χ2n) is 10.3.